The molecule has 1 aromatic carbocycles. The van der Waals surface area contributed by atoms with E-state index >= 15 is 0 Å². The molecule has 0 bridgehead atoms. The number of likely N-dealkylation sites (N-methyl/N-ethyl adjacent to an activating group) is 1. The van der Waals surface area contributed by atoms with Crippen LogP contribution in [0.4, 0.5) is 4.39 Å². The Balaban J connectivity index is 1.78. The molecule has 0 aliphatic heterocycles. The van der Waals surface area contributed by atoms with Crippen molar-refractivity contribution in [2.24, 2.45) is 0 Å². The first-order valence-electron chi connectivity index (χ1n) is 6.57. The fraction of sp³-hybridized carbons (Fsp3) is 0.429. The highest BCUT2D eigenvalue weighted by molar-refractivity contribution is 9.10. The van der Waals surface area contributed by atoms with Crippen LogP contribution < -0.4 is 10.1 Å². The Kier molecular flexibility index (Phi) is 5.17. The van der Waals surface area contributed by atoms with E-state index in [-0.39, 0.29) is 31.0 Å². The van der Waals surface area contributed by atoms with Gasteiger partial charge in [-0.15, -0.1) is 0 Å². The van der Waals surface area contributed by atoms with Crippen LogP contribution in [0.2, 0.25) is 0 Å². The first-order valence-corrected chi connectivity index (χ1v) is 7.36. The summed E-state index contributed by atoms with van der Waals surface area (Å²) < 4.78 is 18.7. The predicted molar refractivity (Wildman–Crippen MR) is 78.4 cm³/mol. The number of nitrogens with one attached hydrogen (secondary N) is 1. The van der Waals surface area contributed by atoms with Gasteiger partial charge in [0.25, 0.3) is 5.91 Å². The van der Waals surface area contributed by atoms with Crippen molar-refractivity contribution in [3.8, 4) is 5.75 Å². The predicted octanol–water partition coefficient (Wildman–Crippen LogP) is 1.70. The summed E-state index contributed by atoms with van der Waals surface area (Å²) in [7, 11) is 1.54. The van der Waals surface area contributed by atoms with Gasteiger partial charge >= 0.3 is 0 Å². The van der Waals surface area contributed by atoms with Gasteiger partial charge in [-0.25, -0.2) is 4.39 Å². The number of halogens is 2. The Morgan fingerprint density at radius 2 is 2.19 bits per heavy atom. The van der Waals surface area contributed by atoms with Crippen molar-refractivity contribution in [1.82, 2.24) is 10.2 Å². The molecule has 1 aliphatic carbocycles. The topological polar surface area (TPSA) is 58.6 Å². The lowest BCUT2D eigenvalue weighted by molar-refractivity contribution is -0.136. The standard InChI is InChI=1S/C14H16BrFN2O3/c1-18(7-13(19)17-10-3-4-10)14(20)8-21-12-5-2-9(16)6-11(12)15/h2,5-6,10H,3-4,7-8H2,1H3,(H,17,19). The van der Waals surface area contributed by atoms with Crippen LogP contribution in [0.15, 0.2) is 22.7 Å². The summed E-state index contributed by atoms with van der Waals surface area (Å²) in [5, 5.41) is 2.81. The second-order valence-corrected chi connectivity index (χ2v) is 5.81. The third-order valence-electron chi connectivity index (χ3n) is 2.99. The van der Waals surface area contributed by atoms with Crippen LogP contribution in [0.5, 0.6) is 5.75 Å². The molecule has 0 radical (unpaired) electrons. The number of ether oxygens (including phenoxy) is 1. The molecule has 0 aromatic heterocycles. The van der Waals surface area contributed by atoms with Gasteiger partial charge in [0.1, 0.15) is 11.6 Å². The Morgan fingerprint density at radius 3 is 2.81 bits per heavy atom. The molecule has 0 unspecified atom stereocenters. The lowest BCUT2D eigenvalue weighted by atomic mass is 10.3. The van der Waals surface area contributed by atoms with Crippen molar-refractivity contribution in [3.63, 3.8) is 0 Å². The summed E-state index contributed by atoms with van der Waals surface area (Å²) in [6.07, 6.45) is 2.01. The van der Waals surface area contributed by atoms with Gasteiger partial charge in [0, 0.05) is 13.1 Å². The average molecular weight is 359 g/mol. The van der Waals surface area contributed by atoms with Crippen molar-refractivity contribution in [2.75, 3.05) is 20.2 Å². The van der Waals surface area contributed by atoms with Crippen LogP contribution in [0.3, 0.4) is 0 Å². The Bertz CT molecular complexity index is 549. The largest absolute Gasteiger partial charge is 0.483 e. The van der Waals surface area contributed by atoms with E-state index in [0.717, 1.165) is 12.8 Å². The van der Waals surface area contributed by atoms with Crippen LogP contribution in [0.1, 0.15) is 12.8 Å². The molecule has 1 saturated carbocycles. The fourth-order valence-electron chi connectivity index (χ4n) is 1.65. The third-order valence-corrected chi connectivity index (χ3v) is 3.61. The van der Waals surface area contributed by atoms with Gasteiger partial charge in [-0.2, -0.15) is 0 Å². The molecule has 21 heavy (non-hydrogen) atoms. The first kappa shape index (κ1) is 15.8. The van der Waals surface area contributed by atoms with E-state index in [1.165, 1.54) is 30.1 Å². The minimum absolute atomic E-state index is 0.00325. The molecule has 1 aromatic rings. The maximum atomic E-state index is 12.9. The van der Waals surface area contributed by atoms with E-state index in [4.69, 9.17) is 4.74 Å². The Labute approximate surface area is 130 Å². The van der Waals surface area contributed by atoms with Gasteiger partial charge in [0.2, 0.25) is 5.91 Å². The zero-order chi connectivity index (χ0) is 15.4. The van der Waals surface area contributed by atoms with E-state index in [2.05, 4.69) is 21.2 Å². The second-order valence-electron chi connectivity index (χ2n) is 4.96. The molecule has 1 N–H and O–H groups in total. The summed E-state index contributed by atoms with van der Waals surface area (Å²) in [6.45, 7) is -0.208. The van der Waals surface area contributed by atoms with Gasteiger partial charge in [-0.3, -0.25) is 9.59 Å². The number of hydrogen-bond donors (Lipinski definition) is 1. The minimum Gasteiger partial charge on any atom is -0.483 e. The van der Waals surface area contributed by atoms with Gasteiger partial charge in [-0.05, 0) is 47.0 Å². The molecule has 0 heterocycles. The zero-order valence-electron chi connectivity index (χ0n) is 11.6. The van der Waals surface area contributed by atoms with Gasteiger partial charge in [-0.1, -0.05) is 0 Å². The number of nitrogens with zero attached hydrogens (tertiary/aromatic N) is 1. The highest BCUT2D eigenvalue weighted by atomic mass is 79.9. The Morgan fingerprint density at radius 1 is 1.48 bits per heavy atom. The summed E-state index contributed by atoms with van der Waals surface area (Å²) in [4.78, 5) is 24.7. The smallest absolute Gasteiger partial charge is 0.260 e. The quantitative estimate of drug-likeness (QED) is 0.841. The number of benzene rings is 1. The molecule has 2 amide bonds. The maximum absolute atomic E-state index is 12.9. The molecule has 1 fully saturated rings. The number of hydrogen-bond acceptors (Lipinski definition) is 3. The van der Waals surface area contributed by atoms with Crippen LogP contribution in [0, 0.1) is 5.82 Å². The minimum atomic E-state index is -0.394. The molecular weight excluding hydrogens is 343 g/mol. The van der Waals surface area contributed by atoms with E-state index in [1.54, 1.807) is 0 Å². The molecule has 114 valence electrons. The van der Waals surface area contributed by atoms with Crippen molar-refractivity contribution in [1.29, 1.82) is 0 Å². The van der Waals surface area contributed by atoms with Crippen LogP contribution in [0.25, 0.3) is 0 Å². The van der Waals surface area contributed by atoms with Gasteiger partial charge in [0.15, 0.2) is 6.61 Å². The normalized spacial score (nSPS) is 13.7. The number of rotatable bonds is 6. The molecule has 5 nitrogen and oxygen atoms in total. The number of amides is 2. The molecule has 7 heteroatoms. The van der Waals surface area contributed by atoms with Crippen molar-refractivity contribution < 1.29 is 18.7 Å². The third kappa shape index (κ3) is 5.00. The van der Waals surface area contributed by atoms with Crippen LogP contribution >= 0.6 is 15.9 Å². The second kappa shape index (κ2) is 6.89. The van der Waals surface area contributed by atoms with E-state index in [1.807, 2.05) is 0 Å². The highest BCUT2D eigenvalue weighted by Crippen LogP contribution is 2.25. The molecule has 0 atom stereocenters. The monoisotopic (exact) mass is 358 g/mol. The van der Waals surface area contributed by atoms with Gasteiger partial charge < -0.3 is 15.0 Å². The average Bonchev–Trinajstić information content (AvgIpc) is 3.21. The molecular formula is C14H16BrFN2O3. The van der Waals surface area contributed by atoms with E-state index in [0.29, 0.717) is 10.2 Å². The zero-order valence-corrected chi connectivity index (χ0v) is 13.2. The fourth-order valence-corrected chi connectivity index (χ4v) is 2.11. The number of carbonyl (C=O) groups excluding carboxylic acids is 2. The maximum Gasteiger partial charge on any atom is 0.260 e. The first-order chi connectivity index (χ1) is 9.95. The van der Waals surface area contributed by atoms with Crippen molar-refractivity contribution >= 4 is 27.7 Å². The highest BCUT2D eigenvalue weighted by Gasteiger charge is 2.24. The van der Waals surface area contributed by atoms with Crippen molar-refractivity contribution in [3.05, 3.63) is 28.5 Å². The summed E-state index contributed by atoms with van der Waals surface area (Å²) >= 11 is 3.15. The number of carbonyl (C=O) groups is 2. The molecule has 1 aliphatic rings. The van der Waals surface area contributed by atoms with E-state index in [9.17, 15) is 14.0 Å². The van der Waals surface area contributed by atoms with Crippen LogP contribution in [-0.4, -0.2) is 43.0 Å². The molecule has 0 spiro atoms. The molecule has 2 rings (SSSR count). The summed E-state index contributed by atoms with van der Waals surface area (Å²) in [5.41, 5.74) is 0. The lowest BCUT2D eigenvalue weighted by Gasteiger charge is -2.17. The SMILES string of the molecule is CN(CC(=O)NC1CC1)C(=O)COc1ccc(F)cc1Br. The lowest BCUT2D eigenvalue weighted by Crippen LogP contribution is -2.40. The van der Waals surface area contributed by atoms with Crippen LogP contribution in [-0.2, 0) is 9.59 Å². The summed E-state index contributed by atoms with van der Waals surface area (Å²) in [5.74, 6) is -0.511. The van der Waals surface area contributed by atoms with Gasteiger partial charge in [0.05, 0.1) is 11.0 Å². The Hall–Kier alpha value is -1.63. The molecule has 0 saturated heterocycles. The summed E-state index contributed by atoms with van der Waals surface area (Å²) in [6, 6.07) is 4.21. The van der Waals surface area contributed by atoms with Crippen molar-refractivity contribution in [2.45, 2.75) is 18.9 Å². The van der Waals surface area contributed by atoms with E-state index < -0.39 is 5.82 Å².